The number of carboxylic acids is 3. The lowest BCUT2D eigenvalue weighted by atomic mass is 10.1. The number of nitrogens with two attached hydrogens (primary N) is 2. The molecule has 0 aromatic rings. The Morgan fingerprint density at radius 2 is 1.62 bits per heavy atom. The number of carboxylic acid groups (broad SMARTS) is 3. The van der Waals surface area contributed by atoms with Gasteiger partial charge >= 0.3 is 17.9 Å². The van der Waals surface area contributed by atoms with Gasteiger partial charge in [-0.2, -0.15) is 0 Å². The highest BCUT2D eigenvalue weighted by Crippen LogP contribution is 2.20. The van der Waals surface area contributed by atoms with E-state index in [4.69, 9.17) is 16.6 Å². The number of hydrogen-bond donors (Lipinski definition) is 7. The van der Waals surface area contributed by atoms with Crippen LogP contribution in [-0.4, -0.2) is 93.1 Å². The summed E-state index contributed by atoms with van der Waals surface area (Å²) in [6.45, 7) is 0.518. The van der Waals surface area contributed by atoms with E-state index in [2.05, 4.69) is 10.6 Å². The molecule has 3 amide bonds. The van der Waals surface area contributed by atoms with E-state index in [1.165, 1.54) is 0 Å². The highest BCUT2D eigenvalue weighted by atomic mass is 16.4. The molecule has 1 heterocycles. The fourth-order valence-electron chi connectivity index (χ4n) is 3.59. The van der Waals surface area contributed by atoms with Crippen LogP contribution >= 0.6 is 0 Å². The third-order valence-corrected chi connectivity index (χ3v) is 5.40. The second-order valence-electron chi connectivity index (χ2n) is 8.07. The molecule has 0 spiro atoms. The lowest BCUT2D eigenvalue weighted by Gasteiger charge is -2.29. The summed E-state index contributed by atoms with van der Waals surface area (Å²) in [5.74, 6) is -6.33. The Morgan fingerprint density at radius 1 is 0.941 bits per heavy atom. The topological polar surface area (TPSA) is 242 Å². The predicted molar refractivity (Wildman–Crippen MR) is 116 cm³/mol. The van der Waals surface area contributed by atoms with Gasteiger partial charge in [0.2, 0.25) is 17.7 Å². The molecule has 1 rings (SSSR count). The number of nitrogens with zero attached hydrogens (tertiary/aromatic N) is 1. The molecule has 0 aliphatic carbocycles. The molecule has 0 aromatic carbocycles. The van der Waals surface area contributed by atoms with Gasteiger partial charge in [-0.15, -0.1) is 0 Å². The molecule has 14 nitrogen and oxygen atoms in total. The number of nitrogens with one attached hydrogen (secondary N) is 2. The average Bonchev–Trinajstić information content (AvgIpc) is 3.24. The van der Waals surface area contributed by atoms with E-state index in [0.717, 1.165) is 4.90 Å². The Bertz CT molecular complexity index is 776. The number of hydrogen-bond acceptors (Lipinski definition) is 8. The summed E-state index contributed by atoms with van der Waals surface area (Å²) in [6.07, 6.45) is 0.522. The van der Waals surface area contributed by atoms with Crippen molar-refractivity contribution in [2.75, 3.05) is 13.1 Å². The molecule has 34 heavy (non-hydrogen) atoms. The van der Waals surface area contributed by atoms with Crippen LogP contribution in [0, 0.1) is 0 Å². The maximum absolute atomic E-state index is 13.1. The number of likely N-dealkylation sites (tertiary alicyclic amines) is 1. The monoisotopic (exact) mass is 487 g/mol. The van der Waals surface area contributed by atoms with Gasteiger partial charge in [0, 0.05) is 13.0 Å². The maximum Gasteiger partial charge on any atom is 0.326 e. The number of amides is 3. The van der Waals surface area contributed by atoms with Gasteiger partial charge in [-0.25, -0.2) is 4.79 Å². The van der Waals surface area contributed by atoms with Crippen LogP contribution in [0.1, 0.15) is 51.4 Å². The Balaban J connectivity index is 2.90. The van der Waals surface area contributed by atoms with Crippen LogP contribution in [0.2, 0.25) is 0 Å². The van der Waals surface area contributed by atoms with Gasteiger partial charge in [0.05, 0.1) is 12.5 Å². The van der Waals surface area contributed by atoms with Crippen LogP contribution < -0.4 is 22.1 Å². The maximum atomic E-state index is 13.1. The number of rotatable bonds is 15. The van der Waals surface area contributed by atoms with E-state index in [1.54, 1.807) is 0 Å². The summed E-state index contributed by atoms with van der Waals surface area (Å²) in [5, 5.41) is 31.8. The second-order valence-corrected chi connectivity index (χ2v) is 8.07. The van der Waals surface area contributed by atoms with Crippen LogP contribution in [0.15, 0.2) is 0 Å². The third kappa shape index (κ3) is 9.31. The van der Waals surface area contributed by atoms with Gasteiger partial charge in [0.1, 0.15) is 18.1 Å². The zero-order valence-electron chi connectivity index (χ0n) is 18.8. The van der Waals surface area contributed by atoms with Crippen LogP contribution in [0.4, 0.5) is 0 Å². The third-order valence-electron chi connectivity index (χ3n) is 5.40. The molecule has 9 N–H and O–H groups in total. The second kappa shape index (κ2) is 14.1. The molecule has 4 unspecified atom stereocenters. The van der Waals surface area contributed by atoms with Crippen LogP contribution in [0.25, 0.3) is 0 Å². The summed E-state index contributed by atoms with van der Waals surface area (Å²) in [7, 11) is 0. The summed E-state index contributed by atoms with van der Waals surface area (Å²) >= 11 is 0. The number of carbonyl (C=O) groups excluding carboxylic acids is 3. The summed E-state index contributed by atoms with van der Waals surface area (Å²) in [6, 6.07) is -5.01. The van der Waals surface area contributed by atoms with E-state index >= 15 is 0 Å². The van der Waals surface area contributed by atoms with E-state index < -0.39 is 72.6 Å². The zero-order valence-corrected chi connectivity index (χ0v) is 18.8. The minimum absolute atomic E-state index is 0.0956. The predicted octanol–water partition coefficient (Wildman–Crippen LogP) is -2.17. The normalized spacial score (nSPS) is 17.9. The van der Waals surface area contributed by atoms with Gasteiger partial charge in [-0.1, -0.05) is 6.42 Å². The molecule has 1 aliphatic rings. The van der Waals surface area contributed by atoms with Crippen molar-refractivity contribution >= 4 is 35.6 Å². The van der Waals surface area contributed by atoms with Crippen molar-refractivity contribution in [3.8, 4) is 0 Å². The molecule has 1 fully saturated rings. The Morgan fingerprint density at radius 3 is 2.18 bits per heavy atom. The highest BCUT2D eigenvalue weighted by molar-refractivity contribution is 5.96. The van der Waals surface area contributed by atoms with Crippen LogP contribution in [-0.2, 0) is 28.8 Å². The Hall–Kier alpha value is -3.26. The number of unbranched alkanes of at least 4 members (excludes halogenated alkanes) is 1. The van der Waals surface area contributed by atoms with Gasteiger partial charge in [-0.3, -0.25) is 24.0 Å². The van der Waals surface area contributed by atoms with Gasteiger partial charge < -0.3 is 42.3 Å². The van der Waals surface area contributed by atoms with E-state index in [1.807, 2.05) is 0 Å². The van der Waals surface area contributed by atoms with E-state index in [9.17, 15) is 39.0 Å². The van der Waals surface area contributed by atoms with Crippen molar-refractivity contribution in [3.63, 3.8) is 0 Å². The molecular formula is C20H33N5O9. The molecule has 192 valence electrons. The molecule has 0 saturated carbocycles. The molecule has 14 heteroatoms. The van der Waals surface area contributed by atoms with Crippen LogP contribution in [0.5, 0.6) is 0 Å². The molecular weight excluding hydrogens is 454 g/mol. The molecule has 1 aliphatic heterocycles. The van der Waals surface area contributed by atoms with Crippen molar-refractivity contribution in [2.24, 2.45) is 11.5 Å². The standard InChI is InChI=1S/C20H33N5O9/c21-8-2-1-4-11(22)17(30)24-13(10-16(28)29)19(32)25-9-3-5-14(25)18(31)23-12(20(33)34)6-7-15(26)27/h11-14H,1-10,21-22H2,(H,23,31)(H,24,30)(H,26,27)(H,28,29)(H,33,34). The molecule has 0 radical (unpaired) electrons. The quantitative estimate of drug-likeness (QED) is 0.122. The van der Waals surface area contributed by atoms with Gasteiger partial charge in [0.15, 0.2) is 0 Å². The first-order valence-electron chi connectivity index (χ1n) is 11.0. The van der Waals surface area contributed by atoms with E-state index in [0.29, 0.717) is 32.2 Å². The first kappa shape index (κ1) is 28.8. The zero-order chi connectivity index (χ0) is 25.8. The van der Waals surface area contributed by atoms with Crippen molar-refractivity contribution in [3.05, 3.63) is 0 Å². The first-order valence-corrected chi connectivity index (χ1v) is 11.0. The van der Waals surface area contributed by atoms with Crippen molar-refractivity contribution in [2.45, 2.75) is 75.5 Å². The van der Waals surface area contributed by atoms with Crippen molar-refractivity contribution in [1.29, 1.82) is 0 Å². The Kier molecular flexibility index (Phi) is 11.9. The summed E-state index contributed by atoms with van der Waals surface area (Å²) < 4.78 is 0. The van der Waals surface area contributed by atoms with Gasteiger partial charge in [-0.05, 0) is 38.6 Å². The molecule has 0 bridgehead atoms. The largest absolute Gasteiger partial charge is 0.481 e. The SMILES string of the molecule is NCCCCC(N)C(=O)NC(CC(=O)O)C(=O)N1CCCC1C(=O)NC(CCC(=O)O)C(=O)O. The van der Waals surface area contributed by atoms with Gasteiger partial charge in [0.25, 0.3) is 0 Å². The average molecular weight is 488 g/mol. The smallest absolute Gasteiger partial charge is 0.326 e. The summed E-state index contributed by atoms with van der Waals surface area (Å²) in [5.41, 5.74) is 11.2. The lowest BCUT2D eigenvalue weighted by molar-refractivity contribution is -0.147. The number of carbonyl (C=O) groups is 6. The van der Waals surface area contributed by atoms with Crippen molar-refractivity contribution < 1.29 is 44.1 Å². The molecule has 4 atom stereocenters. The Labute approximate surface area is 196 Å². The lowest BCUT2D eigenvalue weighted by Crippen LogP contribution is -2.57. The fraction of sp³-hybridized carbons (Fsp3) is 0.700. The minimum atomic E-state index is -1.47. The highest BCUT2D eigenvalue weighted by Gasteiger charge is 2.39. The summed E-state index contributed by atoms with van der Waals surface area (Å²) in [4.78, 5) is 72.6. The fourth-order valence-corrected chi connectivity index (χ4v) is 3.59. The van der Waals surface area contributed by atoms with Crippen molar-refractivity contribution in [1.82, 2.24) is 15.5 Å². The minimum Gasteiger partial charge on any atom is -0.481 e. The molecule has 1 saturated heterocycles. The van der Waals surface area contributed by atoms with Crippen LogP contribution in [0.3, 0.4) is 0 Å². The first-order chi connectivity index (χ1) is 16.0. The van der Waals surface area contributed by atoms with E-state index in [-0.39, 0.29) is 19.4 Å². The molecule has 0 aromatic heterocycles. The number of aliphatic carboxylic acids is 3.